The van der Waals surface area contributed by atoms with Gasteiger partial charge >= 0.3 is 0 Å². The Hall–Kier alpha value is -2.42. The molecule has 0 spiro atoms. The molecule has 3 aromatic rings. The van der Waals surface area contributed by atoms with Crippen LogP contribution in [0.4, 0.5) is 4.39 Å². The molecule has 0 N–H and O–H groups in total. The molecule has 3 heteroatoms. The maximum atomic E-state index is 13.1. The van der Waals surface area contributed by atoms with Gasteiger partial charge in [0.2, 0.25) is 0 Å². The van der Waals surface area contributed by atoms with Gasteiger partial charge in [-0.25, -0.2) is 9.37 Å². The van der Waals surface area contributed by atoms with Crippen molar-refractivity contribution in [2.45, 2.75) is 57.9 Å². The lowest BCUT2D eigenvalue weighted by atomic mass is 10.0. The standard InChI is InChI=1S/C24H27FN2/c25-21-15-12-20(13-16-21)14-17-24-26-22-10-4-5-11-23(22)27(24)18-6-9-19-7-2-1-3-8-19/h1-3,7-8,12-13,15-16H,4-6,9-11,14,17-18H2. The van der Waals surface area contributed by atoms with Crippen molar-refractivity contribution in [3.8, 4) is 0 Å². The Morgan fingerprint density at radius 3 is 2.37 bits per heavy atom. The van der Waals surface area contributed by atoms with E-state index in [-0.39, 0.29) is 5.82 Å². The zero-order chi connectivity index (χ0) is 18.5. The normalized spacial score (nSPS) is 13.5. The molecule has 4 rings (SSSR count). The fourth-order valence-corrected chi connectivity index (χ4v) is 4.10. The van der Waals surface area contributed by atoms with E-state index in [0.717, 1.165) is 45.1 Å². The van der Waals surface area contributed by atoms with Crippen LogP contribution in [0.5, 0.6) is 0 Å². The summed E-state index contributed by atoms with van der Waals surface area (Å²) in [7, 11) is 0. The summed E-state index contributed by atoms with van der Waals surface area (Å²) in [6, 6.07) is 17.6. The highest BCUT2D eigenvalue weighted by molar-refractivity contribution is 5.22. The molecule has 0 bridgehead atoms. The SMILES string of the molecule is Fc1ccc(CCc2nc3c(n2CCCc2ccccc2)CCCC3)cc1. The molecule has 2 aromatic carbocycles. The van der Waals surface area contributed by atoms with Crippen LogP contribution in [-0.4, -0.2) is 9.55 Å². The summed E-state index contributed by atoms with van der Waals surface area (Å²) in [5.74, 6) is 1.04. The molecule has 0 unspecified atom stereocenters. The Labute approximate surface area is 161 Å². The van der Waals surface area contributed by atoms with E-state index in [4.69, 9.17) is 4.98 Å². The number of aromatic nitrogens is 2. The van der Waals surface area contributed by atoms with Crippen LogP contribution >= 0.6 is 0 Å². The van der Waals surface area contributed by atoms with Crippen molar-refractivity contribution in [2.75, 3.05) is 0 Å². The monoisotopic (exact) mass is 362 g/mol. The third-order valence-corrected chi connectivity index (χ3v) is 5.55. The lowest BCUT2D eigenvalue weighted by Gasteiger charge is -2.15. The Bertz CT molecular complexity index is 865. The lowest BCUT2D eigenvalue weighted by Crippen LogP contribution is -2.12. The first-order chi connectivity index (χ1) is 13.3. The summed E-state index contributed by atoms with van der Waals surface area (Å²) in [5, 5.41) is 0. The van der Waals surface area contributed by atoms with Gasteiger partial charge in [0, 0.05) is 18.7 Å². The van der Waals surface area contributed by atoms with Crippen LogP contribution in [0, 0.1) is 5.82 Å². The number of imidazole rings is 1. The van der Waals surface area contributed by atoms with Gasteiger partial charge in [-0.05, 0) is 68.2 Å². The number of halogens is 1. The second-order valence-electron chi connectivity index (χ2n) is 7.50. The number of nitrogens with zero attached hydrogens (tertiary/aromatic N) is 2. The van der Waals surface area contributed by atoms with Crippen LogP contribution in [0.3, 0.4) is 0 Å². The van der Waals surface area contributed by atoms with E-state index in [1.54, 1.807) is 12.1 Å². The minimum atomic E-state index is -0.170. The zero-order valence-electron chi connectivity index (χ0n) is 15.8. The van der Waals surface area contributed by atoms with Crippen LogP contribution < -0.4 is 0 Å². The fourth-order valence-electron chi connectivity index (χ4n) is 4.10. The minimum absolute atomic E-state index is 0.170. The summed E-state index contributed by atoms with van der Waals surface area (Å²) < 4.78 is 15.6. The summed E-state index contributed by atoms with van der Waals surface area (Å²) in [6.07, 6.45) is 8.87. The number of aryl methyl sites for hydroxylation is 4. The van der Waals surface area contributed by atoms with Crippen molar-refractivity contribution in [1.82, 2.24) is 9.55 Å². The van der Waals surface area contributed by atoms with Crippen molar-refractivity contribution >= 4 is 0 Å². The van der Waals surface area contributed by atoms with Gasteiger partial charge < -0.3 is 4.57 Å². The number of benzene rings is 2. The van der Waals surface area contributed by atoms with Gasteiger partial charge in [-0.1, -0.05) is 42.5 Å². The lowest BCUT2D eigenvalue weighted by molar-refractivity contribution is 0.563. The molecule has 1 aliphatic carbocycles. The largest absolute Gasteiger partial charge is 0.332 e. The second kappa shape index (κ2) is 8.51. The summed E-state index contributed by atoms with van der Waals surface area (Å²) in [5.41, 5.74) is 5.35. The van der Waals surface area contributed by atoms with Gasteiger partial charge in [0.05, 0.1) is 5.69 Å². The molecule has 2 nitrogen and oxygen atoms in total. The maximum Gasteiger partial charge on any atom is 0.123 e. The van der Waals surface area contributed by atoms with E-state index >= 15 is 0 Å². The molecule has 27 heavy (non-hydrogen) atoms. The minimum Gasteiger partial charge on any atom is -0.332 e. The quantitative estimate of drug-likeness (QED) is 0.556. The Morgan fingerprint density at radius 2 is 1.56 bits per heavy atom. The maximum absolute atomic E-state index is 13.1. The molecular formula is C24H27FN2. The van der Waals surface area contributed by atoms with Crippen LogP contribution in [0.25, 0.3) is 0 Å². The predicted molar refractivity (Wildman–Crippen MR) is 107 cm³/mol. The molecule has 0 aliphatic heterocycles. The summed E-state index contributed by atoms with van der Waals surface area (Å²) >= 11 is 0. The average molecular weight is 362 g/mol. The molecule has 0 fully saturated rings. The Kier molecular flexibility index (Phi) is 5.66. The van der Waals surface area contributed by atoms with Gasteiger partial charge in [-0.3, -0.25) is 0 Å². The van der Waals surface area contributed by atoms with E-state index in [0.29, 0.717) is 0 Å². The molecule has 1 heterocycles. The van der Waals surface area contributed by atoms with Crippen LogP contribution in [0.2, 0.25) is 0 Å². The van der Waals surface area contributed by atoms with E-state index in [1.807, 2.05) is 12.1 Å². The van der Waals surface area contributed by atoms with E-state index < -0.39 is 0 Å². The average Bonchev–Trinajstić information content (AvgIpc) is 3.06. The van der Waals surface area contributed by atoms with Gasteiger partial charge in [0.25, 0.3) is 0 Å². The highest BCUT2D eigenvalue weighted by atomic mass is 19.1. The van der Waals surface area contributed by atoms with E-state index in [1.165, 1.54) is 41.2 Å². The van der Waals surface area contributed by atoms with Crippen molar-refractivity contribution in [3.63, 3.8) is 0 Å². The Balaban J connectivity index is 1.46. The Morgan fingerprint density at radius 1 is 0.815 bits per heavy atom. The van der Waals surface area contributed by atoms with Crippen LogP contribution in [-0.2, 0) is 38.6 Å². The molecular weight excluding hydrogens is 335 g/mol. The molecule has 0 saturated heterocycles. The van der Waals surface area contributed by atoms with Crippen LogP contribution in [0.15, 0.2) is 54.6 Å². The van der Waals surface area contributed by atoms with Gasteiger partial charge in [-0.2, -0.15) is 0 Å². The van der Waals surface area contributed by atoms with Gasteiger partial charge in [0.1, 0.15) is 11.6 Å². The van der Waals surface area contributed by atoms with Crippen molar-refractivity contribution in [1.29, 1.82) is 0 Å². The molecule has 0 atom stereocenters. The number of fused-ring (bicyclic) bond motifs is 1. The van der Waals surface area contributed by atoms with E-state index in [2.05, 4.69) is 34.9 Å². The van der Waals surface area contributed by atoms with Crippen molar-refractivity contribution in [3.05, 3.63) is 88.8 Å². The first-order valence-electron chi connectivity index (χ1n) is 10.1. The van der Waals surface area contributed by atoms with Crippen LogP contribution in [0.1, 0.15) is 47.6 Å². The van der Waals surface area contributed by atoms with Gasteiger partial charge in [0.15, 0.2) is 0 Å². The summed E-state index contributed by atoms with van der Waals surface area (Å²) in [6.45, 7) is 1.04. The van der Waals surface area contributed by atoms with Crippen molar-refractivity contribution < 1.29 is 4.39 Å². The number of hydrogen-bond acceptors (Lipinski definition) is 1. The number of hydrogen-bond donors (Lipinski definition) is 0. The molecule has 1 aliphatic rings. The zero-order valence-corrected chi connectivity index (χ0v) is 15.8. The molecule has 1 aromatic heterocycles. The first-order valence-corrected chi connectivity index (χ1v) is 10.1. The van der Waals surface area contributed by atoms with Crippen molar-refractivity contribution in [2.24, 2.45) is 0 Å². The predicted octanol–water partition coefficient (Wildman–Crippen LogP) is 5.32. The smallest absolute Gasteiger partial charge is 0.123 e. The van der Waals surface area contributed by atoms with E-state index in [9.17, 15) is 4.39 Å². The topological polar surface area (TPSA) is 17.8 Å². The molecule has 0 saturated carbocycles. The highest BCUT2D eigenvalue weighted by Gasteiger charge is 2.19. The third-order valence-electron chi connectivity index (χ3n) is 5.55. The van der Waals surface area contributed by atoms with Gasteiger partial charge in [-0.15, -0.1) is 0 Å². The molecule has 0 radical (unpaired) electrons. The highest BCUT2D eigenvalue weighted by Crippen LogP contribution is 2.24. The third kappa shape index (κ3) is 4.47. The second-order valence-corrected chi connectivity index (χ2v) is 7.50. The first kappa shape index (κ1) is 18.0. The molecule has 140 valence electrons. The fraction of sp³-hybridized carbons (Fsp3) is 0.375. The molecule has 0 amide bonds. The number of rotatable bonds is 7. The summed E-state index contributed by atoms with van der Waals surface area (Å²) in [4.78, 5) is 5.00.